The van der Waals surface area contributed by atoms with Crippen LogP contribution in [0.1, 0.15) is 32.4 Å². The van der Waals surface area contributed by atoms with Gasteiger partial charge in [-0.2, -0.15) is 0 Å². The van der Waals surface area contributed by atoms with Gasteiger partial charge in [0.2, 0.25) is 11.8 Å². The molecule has 2 amide bonds. The molecular formula is C15H22ClN3O2. The Labute approximate surface area is 130 Å². The van der Waals surface area contributed by atoms with E-state index in [0.717, 1.165) is 5.56 Å². The Bertz CT molecular complexity index is 505. The third-order valence-corrected chi connectivity index (χ3v) is 3.54. The zero-order chi connectivity index (χ0) is 16.0. The third-order valence-electron chi connectivity index (χ3n) is 3.19. The quantitative estimate of drug-likeness (QED) is 0.746. The largest absolute Gasteiger partial charge is 0.348 e. The maximum absolute atomic E-state index is 11.8. The Morgan fingerprint density at radius 1 is 1.24 bits per heavy atom. The highest BCUT2D eigenvalue weighted by Crippen LogP contribution is 2.21. The molecule has 0 fully saturated rings. The summed E-state index contributed by atoms with van der Waals surface area (Å²) in [7, 11) is 0. The van der Waals surface area contributed by atoms with Crippen molar-refractivity contribution in [1.82, 2.24) is 10.6 Å². The molecule has 0 aliphatic heterocycles. The van der Waals surface area contributed by atoms with E-state index in [2.05, 4.69) is 10.6 Å². The summed E-state index contributed by atoms with van der Waals surface area (Å²) in [5.41, 5.74) is 6.53. The van der Waals surface area contributed by atoms with Crippen LogP contribution in [0, 0.1) is 5.92 Å². The van der Waals surface area contributed by atoms with Crippen LogP contribution in [0.2, 0.25) is 5.02 Å². The number of nitrogens with two attached hydrogens (primary N) is 1. The van der Waals surface area contributed by atoms with Gasteiger partial charge in [-0.15, -0.1) is 0 Å². The molecule has 0 bridgehead atoms. The number of nitrogens with one attached hydrogen (secondary N) is 2. The Balaban J connectivity index is 2.48. The van der Waals surface area contributed by atoms with Gasteiger partial charge in [-0.05, 0) is 24.5 Å². The average Bonchev–Trinajstić information content (AvgIpc) is 2.44. The number of hydrogen-bond donors (Lipinski definition) is 3. The number of amides is 2. The van der Waals surface area contributed by atoms with E-state index in [1.54, 1.807) is 6.07 Å². The molecule has 21 heavy (non-hydrogen) atoms. The summed E-state index contributed by atoms with van der Waals surface area (Å²) in [6.07, 6.45) is 0. The maximum Gasteiger partial charge on any atom is 0.239 e. The average molecular weight is 312 g/mol. The smallest absolute Gasteiger partial charge is 0.239 e. The summed E-state index contributed by atoms with van der Waals surface area (Å²) in [6.45, 7) is 5.43. The normalized spacial score (nSPS) is 13.6. The predicted octanol–water partition coefficient (Wildman–Crippen LogP) is 1.62. The lowest BCUT2D eigenvalue weighted by atomic mass is 10.1. The van der Waals surface area contributed by atoms with Crippen molar-refractivity contribution in [2.45, 2.75) is 32.9 Å². The van der Waals surface area contributed by atoms with Crippen molar-refractivity contribution in [2.24, 2.45) is 11.7 Å². The third kappa shape index (κ3) is 5.36. The van der Waals surface area contributed by atoms with Crippen molar-refractivity contribution >= 4 is 23.4 Å². The van der Waals surface area contributed by atoms with Crippen LogP contribution in [0.3, 0.4) is 0 Å². The zero-order valence-electron chi connectivity index (χ0n) is 12.5. The van der Waals surface area contributed by atoms with E-state index in [0.29, 0.717) is 5.02 Å². The maximum atomic E-state index is 11.8. The highest BCUT2D eigenvalue weighted by Gasteiger charge is 2.18. The van der Waals surface area contributed by atoms with E-state index in [1.807, 2.05) is 39.0 Å². The second kappa shape index (κ2) is 8.00. The molecule has 0 aliphatic rings. The van der Waals surface area contributed by atoms with Gasteiger partial charge >= 0.3 is 0 Å². The second-order valence-corrected chi connectivity index (χ2v) is 5.71. The van der Waals surface area contributed by atoms with Gasteiger partial charge in [0.05, 0.1) is 18.6 Å². The summed E-state index contributed by atoms with van der Waals surface area (Å²) in [6, 6.07) is 6.45. The number of carbonyl (C=O) groups is 2. The van der Waals surface area contributed by atoms with Crippen LogP contribution in [0.4, 0.5) is 0 Å². The van der Waals surface area contributed by atoms with Crippen LogP contribution in [0.15, 0.2) is 24.3 Å². The van der Waals surface area contributed by atoms with Crippen molar-refractivity contribution in [2.75, 3.05) is 6.54 Å². The van der Waals surface area contributed by atoms with Gasteiger partial charge < -0.3 is 16.4 Å². The molecule has 2 atom stereocenters. The highest BCUT2D eigenvalue weighted by molar-refractivity contribution is 6.31. The predicted molar refractivity (Wildman–Crippen MR) is 83.8 cm³/mol. The van der Waals surface area contributed by atoms with Gasteiger partial charge in [-0.1, -0.05) is 43.6 Å². The minimum absolute atomic E-state index is 0.0233. The van der Waals surface area contributed by atoms with Crippen LogP contribution in [0.5, 0.6) is 0 Å². The van der Waals surface area contributed by atoms with E-state index >= 15 is 0 Å². The number of hydrogen-bond acceptors (Lipinski definition) is 3. The molecule has 0 radical (unpaired) electrons. The Kier molecular flexibility index (Phi) is 6.65. The minimum Gasteiger partial charge on any atom is -0.348 e. The van der Waals surface area contributed by atoms with Gasteiger partial charge in [0.25, 0.3) is 0 Å². The lowest BCUT2D eigenvalue weighted by Crippen LogP contribution is -2.47. The number of carbonyl (C=O) groups excluding carboxylic acids is 2. The molecule has 0 aliphatic carbocycles. The molecule has 1 aromatic rings. The summed E-state index contributed by atoms with van der Waals surface area (Å²) < 4.78 is 0. The molecule has 0 saturated carbocycles. The molecule has 5 nitrogen and oxygen atoms in total. The molecular weight excluding hydrogens is 290 g/mol. The summed E-state index contributed by atoms with van der Waals surface area (Å²) >= 11 is 6.07. The second-order valence-electron chi connectivity index (χ2n) is 5.30. The molecule has 4 N–H and O–H groups in total. The fourth-order valence-electron chi connectivity index (χ4n) is 1.78. The summed E-state index contributed by atoms with van der Waals surface area (Å²) in [4.78, 5) is 23.5. The van der Waals surface area contributed by atoms with Gasteiger partial charge in [-0.3, -0.25) is 9.59 Å². The van der Waals surface area contributed by atoms with Crippen LogP contribution < -0.4 is 16.4 Å². The monoisotopic (exact) mass is 311 g/mol. The lowest BCUT2D eigenvalue weighted by molar-refractivity contribution is -0.127. The lowest BCUT2D eigenvalue weighted by Gasteiger charge is -2.18. The Morgan fingerprint density at radius 2 is 1.86 bits per heavy atom. The molecule has 0 aromatic heterocycles. The van der Waals surface area contributed by atoms with Crippen molar-refractivity contribution in [1.29, 1.82) is 0 Å². The first-order valence-corrected chi connectivity index (χ1v) is 7.27. The highest BCUT2D eigenvalue weighted by atomic mass is 35.5. The first-order chi connectivity index (χ1) is 9.82. The van der Waals surface area contributed by atoms with E-state index in [-0.39, 0.29) is 30.3 Å². The number of benzene rings is 1. The van der Waals surface area contributed by atoms with Crippen LogP contribution in [0.25, 0.3) is 0 Å². The van der Waals surface area contributed by atoms with Gasteiger partial charge in [-0.25, -0.2) is 0 Å². The molecule has 1 rings (SSSR count). The van der Waals surface area contributed by atoms with Crippen molar-refractivity contribution in [3.8, 4) is 0 Å². The zero-order valence-corrected chi connectivity index (χ0v) is 13.3. The van der Waals surface area contributed by atoms with Gasteiger partial charge in [0.15, 0.2) is 0 Å². The summed E-state index contributed by atoms with van der Waals surface area (Å²) in [5.74, 6) is -0.590. The van der Waals surface area contributed by atoms with E-state index < -0.39 is 6.04 Å². The van der Waals surface area contributed by atoms with Crippen molar-refractivity contribution in [3.05, 3.63) is 34.9 Å². The van der Waals surface area contributed by atoms with Crippen molar-refractivity contribution < 1.29 is 9.59 Å². The Hall–Kier alpha value is -1.59. The van der Waals surface area contributed by atoms with E-state index in [1.165, 1.54) is 0 Å². The fraction of sp³-hybridized carbons (Fsp3) is 0.467. The van der Waals surface area contributed by atoms with Crippen LogP contribution in [-0.2, 0) is 9.59 Å². The number of halogens is 1. The fourth-order valence-corrected chi connectivity index (χ4v) is 2.08. The molecule has 116 valence electrons. The molecule has 6 heteroatoms. The molecule has 0 spiro atoms. The van der Waals surface area contributed by atoms with E-state index in [9.17, 15) is 9.59 Å². The Morgan fingerprint density at radius 3 is 2.43 bits per heavy atom. The van der Waals surface area contributed by atoms with Crippen molar-refractivity contribution in [3.63, 3.8) is 0 Å². The first kappa shape index (κ1) is 17.5. The molecule has 1 aromatic carbocycles. The molecule has 0 saturated heterocycles. The standard InChI is InChI=1S/C15H22ClN3O2/c1-9(2)14(17)15(21)18-8-13(20)19-10(3)11-6-4-5-7-12(11)16/h4-7,9-10,14H,8,17H2,1-3H3,(H,18,21)(H,19,20)/t10?,14-/m0/s1. The van der Waals surface area contributed by atoms with Crippen LogP contribution >= 0.6 is 11.6 Å². The van der Waals surface area contributed by atoms with Gasteiger partial charge in [0, 0.05) is 5.02 Å². The first-order valence-electron chi connectivity index (χ1n) is 6.90. The molecule has 0 heterocycles. The van der Waals surface area contributed by atoms with E-state index in [4.69, 9.17) is 17.3 Å². The number of rotatable bonds is 6. The molecule has 1 unspecified atom stereocenters. The topological polar surface area (TPSA) is 84.2 Å². The van der Waals surface area contributed by atoms with Crippen LogP contribution in [-0.4, -0.2) is 24.4 Å². The SMILES string of the molecule is CC(NC(=O)CNC(=O)[C@@H](N)C(C)C)c1ccccc1Cl. The minimum atomic E-state index is -0.612. The van der Waals surface area contributed by atoms with Gasteiger partial charge in [0.1, 0.15) is 0 Å². The summed E-state index contributed by atoms with van der Waals surface area (Å²) in [5, 5.41) is 5.90.